The lowest BCUT2D eigenvalue weighted by Gasteiger charge is -2.10. The summed E-state index contributed by atoms with van der Waals surface area (Å²) in [5, 5.41) is 0. The number of ether oxygens (including phenoxy) is 2. The van der Waals surface area contributed by atoms with Gasteiger partial charge < -0.3 is 9.47 Å². The number of allylic oxidation sites excluding steroid dienone is 2. The molecular formula is C17H19BrN2O5. The van der Waals surface area contributed by atoms with Crippen molar-refractivity contribution < 1.29 is 23.9 Å². The van der Waals surface area contributed by atoms with E-state index in [-0.39, 0.29) is 18.9 Å². The Labute approximate surface area is 153 Å². The van der Waals surface area contributed by atoms with Crippen molar-refractivity contribution in [3.63, 3.8) is 0 Å². The number of amides is 2. The molecule has 0 saturated carbocycles. The van der Waals surface area contributed by atoms with Gasteiger partial charge in [0.1, 0.15) is 5.75 Å². The van der Waals surface area contributed by atoms with Crippen molar-refractivity contribution in [1.82, 2.24) is 10.9 Å². The number of nitrogens with one attached hydrogen (secondary N) is 2. The first-order valence-corrected chi connectivity index (χ1v) is 8.60. The number of hydrazine groups is 1. The van der Waals surface area contributed by atoms with Gasteiger partial charge in [0, 0.05) is 4.47 Å². The second-order valence-corrected chi connectivity index (χ2v) is 6.39. The average Bonchev–Trinajstić information content (AvgIpc) is 3.10. The topological polar surface area (TPSA) is 93.7 Å². The summed E-state index contributed by atoms with van der Waals surface area (Å²) in [6.45, 7) is -0.696. The molecule has 1 aromatic rings. The van der Waals surface area contributed by atoms with E-state index in [1.54, 1.807) is 24.3 Å². The van der Waals surface area contributed by atoms with Crippen LogP contribution in [0.25, 0.3) is 0 Å². The molecule has 2 rings (SSSR count). The van der Waals surface area contributed by atoms with Crippen LogP contribution in [0.2, 0.25) is 0 Å². The Bertz CT molecular complexity index is 645. The van der Waals surface area contributed by atoms with Crippen LogP contribution in [0.4, 0.5) is 0 Å². The van der Waals surface area contributed by atoms with Gasteiger partial charge in [0.25, 0.3) is 11.8 Å². The van der Waals surface area contributed by atoms with E-state index in [4.69, 9.17) is 9.47 Å². The summed E-state index contributed by atoms with van der Waals surface area (Å²) in [5.74, 6) is -0.867. The fourth-order valence-electron chi connectivity index (χ4n) is 2.18. The van der Waals surface area contributed by atoms with E-state index in [1.807, 2.05) is 12.2 Å². The van der Waals surface area contributed by atoms with E-state index in [0.717, 1.165) is 17.3 Å². The summed E-state index contributed by atoms with van der Waals surface area (Å²) >= 11 is 3.29. The number of esters is 1. The van der Waals surface area contributed by atoms with Crippen LogP contribution in [0, 0.1) is 5.92 Å². The van der Waals surface area contributed by atoms with E-state index >= 15 is 0 Å². The smallest absolute Gasteiger partial charge is 0.306 e. The molecule has 8 heteroatoms. The Morgan fingerprint density at radius 3 is 2.40 bits per heavy atom. The summed E-state index contributed by atoms with van der Waals surface area (Å²) < 4.78 is 11.0. The second-order valence-electron chi connectivity index (χ2n) is 5.47. The molecule has 134 valence electrons. The summed E-state index contributed by atoms with van der Waals surface area (Å²) in [4.78, 5) is 34.7. The molecule has 1 atom stereocenters. The molecule has 7 nitrogen and oxygen atoms in total. The molecule has 0 saturated heterocycles. The van der Waals surface area contributed by atoms with Gasteiger partial charge in [0.15, 0.2) is 13.2 Å². The van der Waals surface area contributed by atoms with Crippen molar-refractivity contribution in [1.29, 1.82) is 0 Å². The van der Waals surface area contributed by atoms with Crippen LogP contribution in [0.5, 0.6) is 5.75 Å². The fraction of sp³-hybridized carbons (Fsp3) is 0.353. The maximum Gasteiger partial charge on any atom is 0.306 e. The Morgan fingerprint density at radius 2 is 1.76 bits per heavy atom. The quantitative estimate of drug-likeness (QED) is 0.406. The first kappa shape index (κ1) is 19.0. The number of halogens is 1. The molecule has 0 heterocycles. The molecule has 0 unspecified atom stereocenters. The minimum Gasteiger partial charge on any atom is -0.484 e. The van der Waals surface area contributed by atoms with Gasteiger partial charge in [0.05, 0.1) is 6.42 Å². The summed E-state index contributed by atoms with van der Waals surface area (Å²) in [7, 11) is 0. The predicted molar refractivity (Wildman–Crippen MR) is 93.4 cm³/mol. The third-order valence-corrected chi connectivity index (χ3v) is 3.96. The number of hydrogen-bond donors (Lipinski definition) is 2. The SMILES string of the molecule is O=C(COC(=O)C[C@H]1C=CCC1)NNC(=O)COc1ccc(Br)cc1. The van der Waals surface area contributed by atoms with E-state index in [1.165, 1.54) is 0 Å². The highest BCUT2D eigenvalue weighted by molar-refractivity contribution is 9.10. The van der Waals surface area contributed by atoms with E-state index in [9.17, 15) is 14.4 Å². The fourth-order valence-corrected chi connectivity index (χ4v) is 2.44. The monoisotopic (exact) mass is 410 g/mol. The molecule has 2 amide bonds. The number of hydrogen-bond acceptors (Lipinski definition) is 5. The van der Waals surface area contributed by atoms with Gasteiger partial charge in [0.2, 0.25) is 0 Å². The first-order chi connectivity index (χ1) is 12.0. The van der Waals surface area contributed by atoms with Gasteiger partial charge in [-0.25, -0.2) is 0 Å². The van der Waals surface area contributed by atoms with Crippen LogP contribution in [-0.4, -0.2) is 31.0 Å². The van der Waals surface area contributed by atoms with Crippen molar-refractivity contribution in [2.75, 3.05) is 13.2 Å². The van der Waals surface area contributed by atoms with E-state index in [0.29, 0.717) is 5.75 Å². The van der Waals surface area contributed by atoms with Crippen molar-refractivity contribution in [2.45, 2.75) is 19.3 Å². The molecule has 0 fully saturated rings. The summed E-state index contributed by atoms with van der Waals surface area (Å²) in [6.07, 6.45) is 6.16. The lowest BCUT2D eigenvalue weighted by Crippen LogP contribution is -2.45. The molecular weight excluding hydrogens is 392 g/mol. The van der Waals surface area contributed by atoms with Crippen LogP contribution in [0.1, 0.15) is 19.3 Å². The van der Waals surface area contributed by atoms with Crippen molar-refractivity contribution in [2.24, 2.45) is 5.92 Å². The lowest BCUT2D eigenvalue weighted by atomic mass is 10.1. The number of benzene rings is 1. The molecule has 25 heavy (non-hydrogen) atoms. The van der Waals surface area contributed by atoms with E-state index < -0.39 is 24.4 Å². The zero-order chi connectivity index (χ0) is 18.1. The highest BCUT2D eigenvalue weighted by Gasteiger charge is 2.16. The molecule has 0 spiro atoms. The number of carbonyl (C=O) groups is 3. The van der Waals surface area contributed by atoms with Crippen LogP contribution in [0.15, 0.2) is 40.9 Å². The van der Waals surface area contributed by atoms with Crippen LogP contribution in [-0.2, 0) is 19.1 Å². The predicted octanol–water partition coefficient (Wildman–Crippen LogP) is 1.87. The van der Waals surface area contributed by atoms with Crippen LogP contribution < -0.4 is 15.6 Å². The summed E-state index contributed by atoms with van der Waals surface area (Å²) in [6, 6.07) is 6.97. The average molecular weight is 411 g/mol. The number of carbonyl (C=O) groups excluding carboxylic acids is 3. The minimum atomic E-state index is -0.618. The third kappa shape index (κ3) is 7.38. The third-order valence-electron chi connectivity index (χ3n) is 3.43. The standard InChI is InChI=1S/C17H19BrN2O5/c18-13-5-7-14(8-6-13)24-10-15(21)19-20-16(22)11-25-17(23)9-12-3-1-2-4-12/h1,3,5-8,12H,2,4,9-11H2,(H,19,21)(H,20,22)/t12-/m0/s1. The number of rotatable bonds is 7. The Kier molecular flexibility index (Phi) is 7.46. The molecule has 1 aliphatic carbocycles. The Hall–Kier alpha value is -2.35. The van der Waals surface area contributed by atoms with Gasteiger partial charge in [-0.1, -0.05) is 28.1 Å². The van der Waals surface area contributed by atoms with Gasteiger partial charge in [-0.3, -0.25) is 25.2 Å². The maximum absolute atomic E-state index is 11.6. The van der Waals surface area contributed by atoms with Gasteiger partial charge >= 0.3 is 5.97 Å². The zero-order valence-electron chi connectivity index (χ0n) is 13.5. The van der Waals surface area contributed by atoms with Gasteiger partial charge in [-0.15, -0.1) is 0 Å². The van der Waals surface area contributed by atoms with E-state index in [2.05, 4.69) is 26.8 Å². The lowest BCUT2D eigenvalue weighted by molar-refractivity contribution is -0.149. The first-order valence-electron chi connectivity index (χ1n) is 7.81. The Balaban J connectivity index is 1.57. The Morgan fingerprint density at radius 1 is 1.08 bits per heavy atom. The highest BCUT2D eigenvalue weighted by atomic mass is 79.9. The molecule has 1 aliphatic rings. The zero-order valence-corrected chi connectivity index (χ0v) is 15.1. The van der Waals surface area contributed by atoms with Crippen molar-refractivity contribution in [3.05, 3.63) is 40.9 Å². The molecule has 0 aromatic heterocycles. The molecule has 2 N–H and O–H groups in total. The van der Waals surface area contributed by atoms with Gasteiger partial charge in [-0.2, -0.15) is 0 Å². The summed E-state index contributed by atoms with van der Waals surface area (Å²) in [5.41, 5.74) is 4.35. The maximum atomic E-state index is 11.6. The molecule has 0 bridgehead atoms. The highest BCUT2D eigenvalue weighted by Crippen LogP contribution is 2.20. The van der Waals surface area contributed by atoms with Crippen LogP contribution >= 0.6 is 15.9 Å². The normalized spacial score (nSPS) is 15.5. The second kappa shape index (κ2) is 9.83. The van der Waals surface area contributed by atoms with Crippen molar-refractivity contribution in [3.8, 4) is 5.75 Å². The molecule has 0 radical (unpaired) electrons. The van der Waals surface area contributed by atoms with Gasteiger partial charge in [-0.05, 0) is 43.0 Å². The largest absolute Gasteiger partial charge is 0.484 e. The molecule has 0 aliphatic heterocycles. The van der Waals surface area contributed by atoms with Crippen LogP contribution in [0.3, 0.4) is 0 Å². The van der Waals surface area contributed by atoms with Crippen molar-refractivity contribution >= 4 is 33.7 Å². The molecule has 1 aromatic carbocycles. The minimum absolute atomic E-state index is 0.186.